The van der Waals surface area contributed by atoms with Crippen LogP contribution >= 0.6 is 24.4 Å². The molecule has 2 atom stereocenters. The zero-order valence-electron chi connectivity index (χ0n) is 14.6. The van der Waals surface area contributed by atoms with Crippen molar-refractivity contribution >= 4 is 36.3 Å². The van der Waals surface area contributed by atoms with Gasteiger partial charge in [0.2, 0.25) is 5.91 Å². The first-order chi connectivity index (χ1) is 12.4. The van der Waals surface area contributed by atoms with Gasteiger partial charge in [0, 0.05) is 11.5 Å². The number of thioether (sulfide) groups is 1. The molecule has 2 N–H and O–H groups in total. The molecule has 0 aliphatic heterocycles. The summed E-state index contributed by atoms with van der Waals surface area (Å²) < 4.78 is -0.987. The number of carboxylic acids is 1. The van der Waals surface area contributed by atoms with Gasteiger partial charge in [0.15, 0.2) is 0 Å². The Morgan fingerprint density at radius 2 is 1.62 bits per heavy atom. The van der Waals surface area contributed by atoms with E-state index in [4.69, 9.17) is 0 Å². The summed E-state index contributed by atoms with van der Waals surface area (Å²) in [7, 11) is 0. The topological polar surface area (TPSA) is 66.4 Å². The number of nitrogens with one attached hydrogen (secondary N) is 1. The third-order valence-electron chi connectivity index (χ3n) is 3.88. The maximum atomic E-state index is 12.6. The number of hydrogen-bond donors (Lipinski definition) is 3. The number of carbonyl (C=O) groups is 2. The van der Waals surface area contributed by atoms with Crippen LogP contribution in [0.25, 0.3) is 0 Å². The number of thiol groups is 1. The maximum Gasteiger partial charge on any atom is 0.327 e. The fourth-order valence-corrected chi connectivity index (χ4v) is 3.69. The van der Waals surface area contributed by atoms with Crippen molar-refractivity contribution < 1.29 is 14.7 Å². The molecule has 6 heteroatoms. The summed E-state index contributed by atoms with van der Waals surface area (Å²) in [5.41, 5.74) is 2.10. The molecule has 0 heterocycles. The molecule has 26 heavy (non-hydrogen) atoms. The first-order valence-electron chi connectivity index (χ1n) is 8.30. The molecule has 0 aliphatic carbocycles. The van der Waals surface area contributed by atoms with Crippen LogP contribution in [0.5, 0.6) is 0 Å². The third-order valence-corrected chi connectivity index (χ3v) is 5.35. The quantitative estimate of drug-likeness (QED) is 0.575. The molecule has 0 spiro atoms. The highest BCUT2D eigenvalue weighted by Crippen LogP contribution is 2.21. The lowest BCUT2D eigenvalue weighted by Gasteiger charge is -2.25. The van der Waals surface area contributed by atoms with Crippen LogP contribution in [-0.2, 0) is 21.8 Å². The van der Waals surface area contributed by atoms with E-state index in [2.05, 4.69) is 17.9 Å². The van der Waals surface area contributed by atoms with Crippen LogP contribution in [0.1, 0.15) is 18.1 Å². The summed E-state index contributed by atoms with van der Waals surface area (Å²) in [6, 6.07) is 18.4. The van der Waals surface area contributed by atoms with Gasteiger partial charge in [0.05, 0.1) is 4.75 Å². The van der Waals surface area contributed by atoms with Crippen molar-refractivity contribution in [3.8, 4) is 0 Å². The number of aliphatic carboxylic acids is 1. The SMILES string of the molecule is CC(S)(Cc1ccccc1)C(=O)N[C@@H](CSCc1ccccc1)C(=O)O. The van der Waals surface area contributed by atoms with E-state index in [9.17, 15) is 14.7 Å². The van der Waals surface area contributed by atoms with E-state index in [0.29, 0.717) is 17.9 Å². The Hall–Kier alpha value is -1.92. The molecular formula is C20H23NO3S2. The summed E-state index contributed by atoms with van der Waals surface area (Å²) >= 11 is 5.95. The molecule has 0 saturated heterocycles. The van der Waals surface area contributed by atoms with Crippen molar-refractivity contribution in [2.75, 3.05) is 5.75 Å². The van der Waals surface area contributed by atoms with Gasteiger partial charge in [-0.3, -0.25) is 4.79 Å². The highest BCUT2D eigenvalue weighted by atomic mass is 32.2. The Balaban J connectivity index is 1.91. The highest BCUT2D eigenvalue weighted by Gasteiger charge is 2.32. The van der Waals surface area contributed by atoms with Gasteiger partial charge in [-0.25, -0.2) is 4.79 Å². The second-order valence-electron chi connectivity index (χ2n) is 6.30. The highest BCUT2D eigenvalue weighted by molar-refractivity contribution is 7.98. The standard InChI is InChI=1S/C20H23NO3S2/c1-20(25,12-15-8-4-2-5-9-15)19(24)21-17(18(22)23)14-26-13-16-10-6-3-7-11-16/h2-11,17,25H,12-14H2,1H3,(H,21,24)(H,22,23)/t17-,20?/m0/s1. The van der Waals surface area contributed by atoms with Crippen molar-refractivity contribution in [2.45, 2.75) is 29.9 Å². The van der Waals surface area contributed by atoms with Gasteiger partial charge in [-0.05, 0) is 24.5 Å². The number of carboxylic acid groups (broad SMARTS) is 1. The van der Waals surface area contributed by atoms with Crippen LogP contribution in [0.3, 0.4) is 0 Å². The summed E-state index contributed by atoms with van der Waals surface area (Å²) in [5, 5.41) is 12.0. The van der Waals surface area contributed by atoms with Crippen LogP contribution in [0.2, 0.25) is 0 Å². The molecule has 0 aromatic heterocycles. The number of benzene rings is 2. The fraction of sp³-hybridized carbons (Fsp3) is 0.300. The summed E-state index contributed by atoms with van der Waals surface area (Å²) in [4.78, 5) is 24.1. The molecule has 2 aromatic carbocycles. The molecule has 0 aliphatic rings. The molecule has 2 aromatic rings. The first-order valence-corrected chi connectivity index (χ1v) is 9.90. The summed E-state index contributed by atoms with van der Waals surface area (Å²) in [6.45, 7) is 1.70. The summed E-state index contributed by atoms with van der Waals surface area (Å²) in [5.74, 6) is -0.423. The normalized spacial score (nSPS) is 14.2. The Kier molecular flexibility index (Phi) is 7.60. The van der Waals surface area contributed by atoms with Gasteiger partial charge < -0.3 is 10.4 Å². The molecule has 0 fully saturated rings. The third kappa shape index (κ3) is 6.42. The van der Waals surface area contributed by atoms with Gasteiger partial charge in [-0.1, -0.05) is 60.7 Å². The smallest absolute Gasteiger partial charge is 0.327 e. The molecule has 4 nitrogen and oxygen atoms in total. The summed E-state index contributed by atoms with van der Waals surface area (Å²) in [6.07, 6.45) is 0.423. The second kappa shape index (κ2) is 9.69. The van der Waals surface area contributed by atoms with E-state index < -0.39 is 16.8 Å². The fourth-order valence-electron chi connectivity index (χ4n) is 2.43. The second-order valence-corrected chi connectivity index (χ2v) is 8.32. The van der Waals surface area contributed by atoms with E-state index in [0.717, 1.165) is 11.1 Å². The number of carbonyl (C=O) groups excluding carboxylic acids is 1. The minimum absolute atomic E-state index is 0.297. The zero-order chi connectivity index (χ0) is 19.0. The van der Waals surface area contributed by atoms with Crippen LogP contribution in [0.15, 0.2) is 60.7 Å². The van der Waals surface area contributed by atoms with E-state index in [1.807, 2.05) is 60.7 Å². The van der Waals surface area contributed by atoms with Gasteiger partial charge >= 0.3 is 5.97 Å². The molecule has 2 rings (SSSR count). The monoisotopic (exact) mass is 389 g/mol. The van der Waals surface area contributed by atoms with Gasteiger partial charge in [0.1, 0.15) is 6.04 Å². The van der Waals surface area contributed by atoms with Crippen LogP contribution in [-0.4, -0.2) is 33.5 Å². The van der Waals surface area contributed by atoms with E-state index in [-0.39, 0.29) is 5.91 Å². The average molecular weight is 390 g/mol. The number of rotatable bonds is 9. The minimum Gasteiger partial charge on any atom is -0.480 e. The van der Waals surface area contributed by atoms with Crippen LogP contribution < -0.4 is 5.32 Å². The average Bonchev–Trinajstić information content (AvgIpc) is 2.62. The Morgan fingerprint density at radius 1 is 1.08 bits per heavy atom. The van der Waals surface area contributed by atoms with Crippen molar-refractivity contribution in [3.63, 3.8) is 0 Å². The molecule has 0 bridgehead atoms. The molecular weight excluding hydrogens is 366 g/mol. The van der Waals surface area contributed by atoms with Crippen molar-refractivity contribution in [2.24, 2.45) is 0 Å². The number of amides is 1. The first kappa shape index (κ1) is 20.4. The van der Waals surface area contributed by atoms with Crippen LogP contribution in [0, 0.1) is 0 Å². The molecule has 138 valence electrons. The lowest BCUT2D eigenvalue weighted by Crippen LogP contribution is -2.50. The Labute approximate surface area is 163 Å². The Bertz CT molecular complexity index is 720. The largest absolute Gasteiger partial charge is 0.480 e. The predicted octanol–water partition coefficient (Wildman–Crippen LogP) is 3.42. The lowest BCUT2D eigenvalue weighted by molar-refractivity contribution is -0.141. The molecule has 0 saturated carbocycles. The maximum absolute atomic E-state index is 12.6. The van der Waals surface area contributed by atoms with E-state index in [1.54, 1.807) is 6.92 Å². The lowest BCUT2D eigenvalue weighted by atomic mass is 9.99. The molecule has 1 unspecified atom stereocenters. The molecule has 0 radical (unpaired) electrons. The predicted molar refractivity (Wildman–Crippen MR) is 110 cm³/mol. The van der Waals surface area contributed by atoms with E-state index >= 15 is 0 Å². The number of hydrogen-bond acceptors (Lipinski definition) is 4. The zero-order valence-corrected chi connectivity index (χ0v) is 16.3. The van der Waals surface area contributed by atoms with Crippen molar-refractivity contribution in [1.29, 1.82) is 0 Å². The minimum atomic E-state index is -1.04. The molecule has 1 amide bonds. The van der Waals surface area contributed by atoms with Gasteiger partial charge in [0.25, 0.3) is 0 Å². The van der Waals surface area contributed by atoms with Crippen molar-refractivity contribution in [3.05, 3.63) is 71.8 Å². The van der Waals surface area contributed by atoms with Gasteiger partial charge in [-0.15, -0.1) is 0 Å². The van der Waals surface area contributed by atoms with Gasteiger partial charge in [-0.2, -0.15) is 24.4 Å². The van der Waals surface area contributed by atoms with E-state index in [1.165, 1.54) is 11.8 Å². The van der Waals surface area contributed by atoms with Crippen LogP contribution in [0.4, 0.5) is 0 Å². The van der Waals surface area contributed by atoms with Crippen molar-refractivity contribution in [1.82, 2.24) is 5.32 Å². The Morgan fingerprint density at radius 3 is 2.15 bits per heavy atom.